The van der Waals surface area contributed by atoms with Crippen LogP contribution >= 0.6 is 0 Å². The molecule has 3 aromatic rings. The summed E-state index contributed by atoms with van der Waals surface area (Å²) in [5.74, 6) is -0.0151. The molecule has 0 saturated carbocycles. The lowest BCUT2D eigenvalue weighted by molar-refractivity contribution is -0.118. The van der Waals surface area contributed by atoms with Crippen LogP contribution in [-0.2, 0) is 14.8 Å². The number of rotatable bonds is 6. The maximum Gasteiger partial charge on any atom is 0.323 e. The lowest BCUT2D eigenvalue weighted by atomic mass is 10.0. The summed E-state index contributed by atoms with van der Waals surface area (Å²) in [5, 5.41) is 2.71. The molecule has 11 heteroatoms. The molecular weight excluding hydrogens is 436 g/mol. The average Bonchev–Trinajstić information content (AvgIpc) is 2.95. The first-order valence-corrected chi connectivity index (χ1v) is 11.7. The standard InChI is InChI=1S/C21H24N4O6S/c1-12(2)19(20(26)22-13-4-6-15-16(10-13)24-21(27)23-15)25-32(28,29)14-5-7-17-18(11-14)31-9-3-8-30-17/h4-7,10-12,19,25H,3,8-9H2,1-2H3,(H,22,26)(H2,23,24,27)/t19-/m0/s1. The molecule has 4 N–H and O–H groups in total. The van der Waals surface area contributed by atoms with Crippen molar-refractivity contribution >= 4 is 32.7 Å². The van der Waals surface area contributed by atoms with Crippen LogP contribution in [0.4, 0.5) is 5.69 Å². The van der Waals surface area contributed by atoms with E-state index in [1.807, 2.05) is 0 Å². The normalized spacial score (nSPS) is 14.8. The van der Waals surface area contributed by atoms with Crippen molar-refractivity contribution in [1.82, 2.24) is 14.7 Å². The number of carbonyl (C=O) groups excluding carboxylic acids is 1. The van der Waals surface area contributed by atoms with E-state index in [4.69, 9.17) is 9.47 Å². The molecule has 2 heterocycles. The number of aromatic amines is 2. The van der Waals surface area contributed by atoms with Gasteiger partial charge in [-0.15, -0.1) is 0 Å². The molecule has 32 heavy (non-hydrogen) atoms. The lowest BCUT2D eigenvalue weighted by Gasteiger charge is -2.22. The van der Waals surface area contributed by atoms with Crippen molar-refractivity contribution < 1.29 is 22.7 Å². The molecule has 4 rings (SSSR count). The number of carbonyl (C=O) groups is 1. The van der Waals surface area contributed by atoms with E-state index in [-0.39, 0.29) is 16.5 Å². The summed E-state index contributed by atoms with van der Waals surface area (Å²) in [7, 11) is -4.02. The minimum Gasteiger partial charge on any atom is -0.490 e. The van der Waals surface area contributed by atoms with E-state index in [1.165, 1.54) is 12.1 Å². The highest BCUT2D eigenvalue weighted by molar-refractivity contribution is 7.89. The highest BCUT2D eigenvalue weighted by atomic mass is 32.2. The van der Waals surface area contributed by atoms with Gasteiger partial charge in [-0.1, -0.05) is 13.8 Å². The Labute approximate surface area is 184 Å². The van der Waals surface area contributed by atoms with Crippen molar-refractivity contribution in [3.05, 3.63) is 46.9 Å². The Morgan fingerprint density at radius 2 is 1.72 bits per heavy atom. The molecule has 0 bridgehead atoms. The summed E-state index contributed by atoms with van der Waals surface area (Å²) < 4.78 is 39.7. The topological polar surface area (TPSA) is 142 Å². The van der Waals surface area contributed by atoms with Crippen LogP contribution in [0.3, 0.4) is 0 Å². The van der Waals surface area contributed by atoms with E-state index in [0.717, 1.165) is 0 Å². The molecule has 0 unspecified atom stereocenters. The third kappa shape index (κ3) is 4.63. The number of benzene rings is 2. The number of nitrogens with one attached hydrogen (secondary N) is 4. The number of amides is 1. The Hall–Kier alpha value is -3.31. The van der Waals surface area contributed by atoms with Crippen molar-refractivity contribution in [2.45, 2.75) is 31.2 Å². The van der Waals surface area contributed by atoms with Gasteiger partial charge in [-0.05, 0) is 36.2 Å². The van der Waals surface area contributed by atoms with Crippen molar-refractivity contribution in [2.75, 3.05) is 18.5 Å². The first-order chi connectivity index (χ1) is 15.2. The van der Waals surface area contributed by atoms with E-state index < -0.39 is 22.0 Å². The minimum atomic E-state index is -4.02. The monoisotopic (exact) mass is 460 g/mol. The average molecular weight is 461 g/mol. The highest BCUT2D eigenvalue weighted by Gasteiger charge is 2.29. The van der Waals surface area contributed by atoms with E-state index in [9.17, 15) is 18.0 Å². The second-order valence-corrected chi connectivity index (χ2v) is 9.54. The van der Waals surface area contributed by atoms with Gasteiger partial charge < -0.3 is 24.8 Å². The molecule has 2 aromatic carbocycles. The second-order valence-electron chi connectivity index (χ2n) is 7.83. The van der Waals surface area contributed by atoms with Gasteiger partial charge in [0.1, 0.15) is 6.04 Å². The third-order valence-corrected chi connectivity index (χ3v) is 6.48. The van der Waals surface area contributed by atoms with Gasteiger partial charge in [-0.3, -0.25) is 4.79 Å². The van der Waals surface area contributed by atoms with Crippen LogP contribution in [0.2, 0.25) is 0 Å². The largest absolute Gasteiger partial charge is 0.490 e. The van der Waals surface area contributed by atoms with Crippen molar-refractivity contribution in [1.29, 1.82) is 0 Å². The van der Waals surface area contributed by atoms with Gasteiger partial charge >= 0.3 is 5.69 Å². The fourth-order valence-corrected chi connectivity index (χ4v) is 4.73. The number of hydrogen-bond acceptors (Lipinski definition) is 6. The maximum atomic E-state index is 13.0. The summed E-state index contributed by atoms with van der Waals surface area (Å²) in [6.45, 7) is 4.41. The van der Waals surface area contributed by atoms with Crippen molar-refractivity contribution in [2.24, 2.45) is 5.92 Å². The summed E-state index contributed by atoms with van der Waals surface area (Å²) in [6, 6.07) is 8.20. The van der Waals surface area contributed by atoms with E-state index >= 15 is 0 Å². The van der Waals surface area contributed by atoms with Crippen LogP contribution in [0.1, 0.15) is 20.3 Å². The number of sulfonamides is 1. The van der Waals surface area contributed by atoms with Crippen LogP contribution in [0.25, 0.3) is 11.0 Å². The highest BCUT2D eigenvalue weighted by Crippen LogP contribution is 2.32. The molecular formula is C21H24N4O6S. The van der Waals surface area contributed by atoms with Crippen molar-refractivity contribution in [3.63, 3.8) is 0 Å². The zero-order chi connectivity index (χ0) is 22.9. The fraction of sp³-hybridized carbons (Fsp3) is 0.333. The molecule has 1 amide bonds. The summed E-state index contributed by atoms with van der Waals surface area (Å²) >= 11 is 0. The molecule has 1 aliphatic heterocycles. The molecule has 1 atom stereocenters. The quantitative estimate of drug-likeness (QED) is 0.443. The van der Waals surface area contributed by atoms with Gasteiger partial charge in [-0.25, -0.2) is 13.2 Å². The van der Waals surface area contributed by atoms with Gasteiger partial charge in [-0.2, -0.15) is 4.72 Å². The molecule has 10 nitrogen and oxygen atoms in total. The number of hydrogen-bond donors (Lipinski definition) is 4. The molecule has 0 aliphatic carbocycles. The molecule has 0 radical (unpaired) electrons. The number of imidazole rings is 1. The van der Waals surface area contributed by atoms with Crippen LogP contribution in [0, 0.1) is 5.92 Å². The Kier molecular flexibility index (Phi) is 5.94. The minimum absolute atomic E-state index is 0.0217. The first-order valence-electron chi connectivity index (χ1n) is 10.2. The van der Waals surface area contributed by atoms with Crippen molar-refractivity contribution in [3.8, 4) is 11.5 Å². The van der Waals surface area contributed by atoms with Gasteiger partial charge in [0.05, 0.1) is 29.1 Å². The van der Waals surface area contributed by atoms with Crippen LogP contribution in [-0.4, -0.2) is 43.5 Å². The number of fused-ring (bicyclic) bond motifs is 2. The lowest BCUT2D eigenvalue weighted by Crippen LogP contribution is -2.47. The van der Waals surface area contributed by atoms with Crippen LogP contribution in [0.5, 0.6) is 11.5 Å². The molecule has 1 aromatic heterocycles. The Morgan fingerprint density at radius 3 is 2.47 bits per heavy atom. The zero-order valence-corrected chi connectivity index (χ0v) is 18.4. The molecule has 170 valence electrons. The number of aromatic nitrogens is 2. The van der Waals surface area contributed by atoms with Crippen LogP contribution < -0.4 is 25.2 Å². The van der Waals surface area contributed by atoms with Gasteiger partial charge in [0.25, 0.3) is 0 Å². The SMILES string of the molecule is CC(C)[C@H](NS(=O)(=O)c1ccc2c(c1)OCCCO2)C(=O)Nc1ccc2[nH]c(=O)[nH]c2c1. The fourth-order valence-electron chi connectivity index (χ4n) is 3.37. The van der Waals surface area contributed by atoms with E-state index in [2.05, 4.69) is 20.0 Å². The van der Waals surface area contributed by atoms with Gasteiger partial charge in [0.15, 0.2) is 11.5 Å². The Bertz CT molecular complexity index is 1310. The number of anilines is 1. The Balaban J connectivity index is 1.54. The van der Waals surface area contributed by atoms with E-state index in [0.29, 0.717) is 47.9 Å². The predicted molar refractivity (Wildman–Crippen MR) is 119 cm³/mol. The zero-order valence-electron chi connectivity index (χ0n) is 17.6. The molecule has 0 spiro atoms. The Morgan fingerprint density at radius 1 is 1.00 bits per heavy atom. The second kappa shape index (κ2) is 8.67. The predicted octanol–water partition coefficient (Wildman–Crippen LogP) is 1.96. The summed E-state index contributed by atoms with van der Waals surface area (Å²) in [4.78, 5) is 29.6. The smallest absolute Gasteiger partial charge is 0.323 e. The summed E-state index contributed by atoms with van der Waals surface area (Å²) in [5.41, 5.74) is 1.20. The molecule has 0 fully saturated rings. The maximum absolute atomic E-state index is 13.0. The third-order valence-electron chi connectivity index (χ3n) is 5.04. The van der Waals surface area contributed by atoms with Crippen LogP contribution in [0.15, 0.2) is 46.1 Å². The number of H-pyrrole nitrogens is 2. The number of ether oxygens (including phenoxy) is 2. The molecule has 1 aliphatic rings. The summed E-state index contributed by atoms with van der Waals surface area (Å²) in [6.07, 6.45) is 0.701. The van der Waals surface area contributed by atoms with Gasteiger partial charge in [0.2, 0.25) is 15.9 Å². The molecule has 0 saturated heterocycles. The first kappa shape index (κ1) is 21.9. The van der Waals surface area contributed by atoms with E-state index in [1.54, 1.807) is 38.1 Å². The van der Waals surface area contributed by atoms with Gasteiger partial charge in [0, 0.05) is 18.2 Å².